The van der Waals surface area contributed by atoms with E-state index in [0.717, 1.165) is 5.69 Å². The van der Waals surface area contributed by atoms with E-state index in [-0.39, 0.29) is 6.54 Å². The highest BCUT2D eigenvalue weighted by molar-refractivity contribution is 5.33. The fourth-order valence-corrected chi connectivity index (χ4v) is 1.59. The molecule has 16 heavy (non-hydrogen) atoms. The molecule has 1 heterocycles. The summed E-state index contributed by atoms with van der Waals surface area (Å²) in [4.78, 5) is 0. The molecule has 0 aliphatic heterocycles. The van der Waals surface area contributed by atoms with E-state index in [0.29, 0.717) is 5.69 Å². The van der Waals surface area contributed by atoms with Gasteiger partial charge in [0.1, 0.15) is 5.60 Å². The van der Waals surface area contributed by atoms with Crippen molar-refractivity contribution in [3.63, 3.8) is 0 Å². The van der Waals surface area contributed by atoms with Crippen LogP contribution in [0.25, 0.3) is 5.69 Å². The number of rotatable bonds is 3. The molecule has 0 aliphatic carbocycles. The van der Waals surface area contributed by atoms with Crippen LogP contribution in [0.5, 0.6) is 0 Å². The monoisotopic (exact) mass is 217 g/mol. The maximum absolute atomic E-state index is 10.1. The quantitative estimate of drug-likeness (QED) is 0.807. The van der Waals surface area contributed by atoms with Crippen LogP contribution in [0.1, 0.15) is 12.6 Å². The number of nitrogens with zero attached hydrogens (tertiary/aromatic N) is 2. The first kappa shape index (κ1) is 10.9. The first-order valence-corrected chi connectivity index (χ1v) is 5.17. The second-order valence-corrected chi connectivity index (χ2v) is 3.94. The van der Waals surface area contributed by atoms with Crippen LogP contribution in [0.4, 0.5) is 0 Å². The van der Waals surface area contributed by atoms with Gasteiger partial charge in [-0.2, -0.15) is 5.10 Å². The normalized spacial score (nSPS) is 14.7. The summed E-state index contributed by atoms with van der Waals surface area (Å²) < 4.78 is 1.70. The maximum atomic E-state index is 10.1. The minimum Gasteiger partial charge on any atom is -0.383 e. The molecule has 1 aromatic carbocycles. The number of aromatic nitrogens is 2. The summed E-state index contributed by atoms with van der Waals surface area (Å²) in [5.41, 5.74) is 6.10. The van der Waals surface area contributed by atoms with Crippen LogP contribution in [0, 0.1) is 0 Å². The van der Waals surface area contributed by atoms with E-state index < -0.39 is 5.60 Å². The van der Waals surface area contributed by atoms with E-state index in [1.54, 1.807) is 23.9 Å². The summed E-state index contributed by atoms with van der Waals surface area (Å²) in [6.45, 7) is 1.84. The zero-order valence-corrected chi connectivity index (χ0v) is 9.17. The molecule has 0 radical (unpaired) electrons. The number of para-hydroxylation sites is 1. The van der Waals surface area contributed by atoms with Gasteiger partial charge in [-0.25, -0.2) is 4.68 Å². The molecular weight excluding hydrogens is 202 g/mol. The lowest BCUT2D eigenvalue weighted by molar-refractivity contribution is 0.0596. The molecule has 1 aromatic heterocycles. The van der Waals surface area contributed by atoms with Gasteiger partial charge in [0.15, 0.2) is 0 Å². The van der Waals surface area contributed by atoms with Gasteiger partial charge in [-0.15, -0.1) is 0 Å². The van der Waals surface area contributed by atoms with Crippen molar-refractivity contribution in [3.05, 3.63) is 48.3 Å². The molecule has 84 valence electrons. The average molecular weight is 217 g/mol. The van der Waals surface area contributed by atoms with Crippen LogP contribution < -0.4 is 5.73 Å². The van der Waals surface area contributed by atoms with Gasteiger partial charge in [0, 0.05) is 12.7 Å². The molecule has 0 saturated carbocycles. The Morgan fingerprint density at radius 2 is 2.00 bits per heavy atom. The highest BCUT2D eigenvalue weighted by Gasteiger charge is 2.25. The molecule has 2 rings (SSSR count). The third-order valence-electron chi connectivity index (χ3n) is 2.59. The van der Waals surface area contributed by atoms with E-state index in [1.807, 2.05) is 30.3 Å². The van der Waals surface area contributed by atoms with Gasteiger partial charge in [-0.05, 0) is 25.1 Å². The van der Waals surface area contributed by atoms with Crippen molar-refractivity contribution in [1.29, 1.82) is 0 Å². The average Bonchev–Trinajstić information content (AvgIpc) is 2.80. The van der Waals surface area contributed by atoms with Crippen molar-refractivity contribution in [3.8, 4) is 5.69 Å². The van der Waals surface area contributed by atoms with Gasteiger partial charge in [-0.1, -0.05) is 18.2 Å². The molecule has 0 amide bonds. The summed E-state index contributed by atoms with van der Waals surface area (Å²) in [5.74, 6) is 0. The summed E-state index contributed by atoms with van der Waals surface area (Å²) in [6.07, 6.45) is 1.66. The predicted molar refractivity (Wildman–Crippen MR) is 62.2 cm³/mol. The molecule has 0 spiro atoms. The minimum atomic E-state index is -1.06. The number of aliphatic hydroxyl groups is 1. The number of nitrogens with two attached hydrogens (primary N) is 1. The van der Waals surface area contributed by atoms with Crippen LogP contribution in [0.3, 0.4) is 0 Å². The van der Waals surface area contributed by atoms with Gasteiger partial charge in [0.2, 0.25) is 0 Å². The standard InChI is InChI=1S/C12H15N3O/c1-12(16,9-13)11-7-8-14-15(11)10-5-3-2-4-6-10/h2-8,16H,9,13H2,1H3. The van der Waals surface area contributed by atoms with Crippen LogP contribution in [-0.2, 0) is 5.60 Å². The largest absolute Gasteiger partial charge is 0.383 e. The zero-order chi connectivity index (χ0) is 11.6. The number of benzene rings is 1. The van der Waals surface area contributed by atoms with Gasteiger partial charge >= 0.3 is 0 Å². The molecule has 3 N–H and O–H groups in total. The summed E-state index contributed by atoms with van der Waals surface area (Å²) in [6, 6.07) is 11.4. The van der Waals surface area contributed by atoms with Crippen molar-refractivity contribution < 1.29 is 5.11 Å². The Balaban J connectivity index is 2.49. The fourth-order valence-electron chi connectivity index (χ4n) is 1.59. The summed E-state index contributed by atoms with van der Waals surface area (Å²) in [7, 11) is 0. The highest BCUT2D eigenvalue weighted by atomic mass is 16.3. The number of hydrogen-bond donors (Lipinski definition) is 2. The SMILES string of the molecule is CC(O)(CN)c1ccnn1-c1ccccc1. The third-order valence-corrected chi connectivity index (χ3v) is 2.59. The second-order valence-electron chi connectivity index (χ2n) is 3.94. The summed E-state index contributed by atoms with van der Waals surface area (Å²) in [5, 5.41) is 14.3. The van der Waals surface area contributed by atoms with E-state index in [4.69, 9.17) is 5.73 Å². The Labute approximate surface area is 94.3 Å². The lowest BCUT2D eigenvalue weighted by Crippen LogP contribution is -2.33. The zero-order valence-electron chi connectivity index (χ0n) is 9.17. The van der Waals surface area contributed by atoms with Crippen LogP contribution in [0.2, 0.25) is 0 Å². The highest BCUT2D eigenvalue weighted by Crippen LogP contribution is 2.21. The Kier molecular flexibility index (Phi) is 2.77. The first-order chi connectivity index (χ1) is 7.65. The molecule has 1 unspecified atom stereocenters. The molecule has 0 bridgehead atoms. The van der Waals surface area contributed by atoms with Gasteiger partial charge < -0.3 is 10.8 Å². The summed E-state index contributed by atoms with van der Waals surface area (Å²) >= 11 is 0. The van der Waals surface area contributed by atoms with Crippen LogP contribution in [0.15, 0.2) is 42.6 Å². The van der Waals surface area contributed by atoms with Crippen molar-refractivity contribution in [2.24, 2.45) is 5.73 Å². The van der Waals surface area contributed by atoms with Gasteiger partial charge in [-0.3, -0.25) is 0 Å². The Morgan fingerprint density at radius 1 is 1.31 bits per heavy atom. The second kappa shape index (κ2) is 4.08. The Morgan fingerprint density at radius 3 is 2.62 bits per heavy atom. The van der Waals surface area contributed by atoms with Crippen LogP contribution >= 0.6 is 0 Å². The maximum Gasteiger partial charge on any atom is 0.116 e. The Bertz CT molecular complexity index is 462. The number of hydrogen-bond acceptors (Lipinski definition) is 3. The topological polar surface area (TPSA) is 64.1 Å². The molecule has 4 heteroatoms. The predicted octanol–water partition coefficient (Wildman–Crippen LogP) is 1.04. The first-order valence-electron chi connectivity index (χ1n) is 5.17. The molecular formula is C12H15N3O. The van der Waals surface area contributed by atoms with Crippen LogP contribution in [-0.4, -0.2) is 21.4 Å². The van der Waals surface area contributed by atoms with Gasteiger partial charge in [0.25, 0.3) is 0 Å². The smallest absolute Gasteiger partial charge is 0.116 e. The Hall–Kier alpha value is -1.65. The fraction of sp³-hybridized carbons (Fsp3) is 0.250. The lowest BCUT2D eigenvalue weighted by atomic mass is 10.0. The van der Waals surface area contributed by atoms with E-state index >= 15 is 0 Å². The molecule has 4 nitrogen and oxygen atoms in total. The van der Waals surface area contributed by atoms with Crippen molar-refractivity contribution in [2.45, 2.75) is 12.5 Å². The van der Waals surface area contributed by atoms with Crippen molar-refractivity contribution in [2.75, 3.05) is 6.54 Å². The minimum absolute atomic E-state index is 0.158. The third kappa shape index (κ3) is 1.85. The van der Waals surface area contributed by atoms with Crippen molar-refractivity contribution in [1.82, 2.24) is 9.78 Å². The van der Waals surface area contributed by atoms with Gasteiger partial charge in [0.05, 0.1) is 11.4 Å². The van der Waals surface area contributed by atoms with E-state index in [9.17, 15) is 5.11 Å². The van der Waals surface area contributed by atoms with Crippen molar-refractivity contribution >= 4 is 0 Å². The molecule has 0 fully saturated rings. The lowest BCUT2D eigenvalue weighted by Gasteiger charge is -2.22. The molecule has 0 aliphatic rings. The molecule has 2 aromatic rings. The molecule has 1 atom stereocenters. The molecule has 0 saturated heterocycles. The van der Waals surface area contributed by atoms with E-state index in [1.165, 1.54) is 0 Å². The van der Waals surface area contributed by atoms with E-state index in [2.05, 4.69) is 5.10 Å².